The van der Waals surface area contributed by atoms with Crippen molar-refractivity contribution >= 4 is 17.8 Å². The molecule has 0 bridgehead atoms. The predicted octanol–water partition coefficient (Wildman–Crippen LogP) is 1.42. The van der Waals surface area contributed by atoms with Crippen molar-refractivity contribution < 1.29 is 19.2 Å². The van der Waals surface area contributed by atoms with Gasteiger partial charge in [-0.05, 0) is 25.1 Å². The van der Waals surface area contributed by atoms with Gasteiger partial charge in [-0.25, -0.2) is 4.79 Å². The van der Waals surface area contributed by atoms with Gasteiger partial charge in [0.15, 0.2) is 0 Å². The molecule has 23 heavy (non-hydrogen) atoms. The lowest BCUT2D eigenvalue weighted by Crippen LogP contribution is -2.32. The molecule has 0 unspecified atom stereocenters. The number of imide groups is 1. The summed E-state index contributed by atoms with van der Waals surface area (Å²) in [6.07, 6.45) is 0.410. The highest BCUT2D eigenvalue weighted by Crippen LogP contribution is 2.22. The van der Waals surface area contributed by atoms with E-state index < -0.39 is 17.8 Å². The number of hydrogen-bond acceptors (Lipinski definition) is 5. The van der Waals surface area contributed by atoms with Gasteiger partial charge in [-0.2, -0.15) is 5.10 Å². The lowest BCUT2D eigenvalue weighted by molar-refractivity contribution is -0.168. The average molecular weight is 313 g/mol. The number of rotatable bonds is 4. The van der Waals surface area contributed by atoms with Crippen molar-refractivity contribution in [1.29, 1.82) is 0 Å². The molecule has 0 saturated heterocycles. The molecule has 0 radical (unpaired) electrons. The van der Waals surface area contributed by atoms with Crippen LogP contribution in [0.1, 0.15) is 38.5 Å². The molecule has 118 valence electrons. The minimum atomic E-state index is -0.650. The highest BCUT2D eigenvalue weighted by atomic mass is 16.7. The highest BCUT2D eigenvalue weighted by molar-refractivity contribution is 6.20. The summed E-state index contributed by atoms with van der Waals surface area (Å²) < 4.78 is 1.71. The fraction of sp³-hybridized carbons (Fsp3) is 0.250. The van der Waals surface area contributed by atoms with Crippen LogP contribution in [0.3, 0.4) is 0 Å². The third-order valence-corrected chi connectivity index (χ3v) is 3.70. The molecule has 0 N–H and O–H groups in total. The van der Waals surface area contributed by atoms with E-state index >= 15 is 0 Å². The summed E-state index contributed by atoms with van der Waals surface area (Å²) in [4.78, 5) is 41.0. The van der Waals surface area contributed by atoms with E-state index in [9.17, 15) is 14.4 Å². The van der Waals surface area contributed by atoms with Crippen molar-refractivity contribution in [3.8, 4) is 0 Å². The maximum atomic E-state index is 12.1. The zero-order chi connectivity index (χ0) is 16.6. The van der Waals surface area contributed by atoms with Crippen molar-refractivity contribution in [2.45, 2.75) is 19.8 Å². The first-order valence-electron chi connectivity index (χ1n) is 7.15. The Labute approximate surface area is 132 Å². The number of nitrogens with zero attached hydrogens (tertiary/aromatic N) is 3. The molecule has 7 heteroatoms. The fourth-order valence-electron chi connectivity index (χ4n) is 2.38. The van der Waals surface area contributed by atoms with Gasteiger partial charge in [-0.15, -0.1) is 0 Å². The molecule has 2 heterocycles. The number of fused-ring (bicyclic) bond motifs is 1. The van der Waals surface area contributed by atoms with Crippen LogP contribution in [0.2, 0.25) is 0 Å². The lowest BCUT2D eigenvalue weighted by Gasteiger charge is -2.12. The van der Waals surface area contributed by atoms with Gasteiger partial charge in [0.25, 0.3) is 11.8 Å². The molecule has 1 aliphatic rings. The van der Waals surface area contributed by atoms with E-state index in [-0.39, 0.29) is 17.5 Å². The van der Waals surface area contributed by atoms with E-state index in [2.05, 4.69) is 5.10 Å². The molecule has 0 atom stereocenters. The van der Waals surface area contributed by atoms with Crippen molar-refractivity contribution in [3.63, 3.8) is 0 Å². The second-order valence-electron chi connectivity index (χ2n) is 5.31. The van der Waals surface area contributed by atoms with E-state index in [1.54, 1.807) is 16.8 Å². The van der Waals surface area contributed by atoms with E-state index in [0.717, 1.165) is 11.4 Å². The molecule has 1 aliphatic heterocycles. The summed E-state index contributed by atoms with van der Waals surface area (Å²) in [5, 5.41) is 4.76. The van der Waals surface area contributed by atoms with Crippen LogP contribution in [0.4, 0.5) is 0 Å². The fourth-order valence-corrected chi connectivity index (χ4v) is 2.38. The van der Waals surface area contributed by atoms with Crippen LogP contribution in [0.25, 0.3) is 0 Å². The molecule has 3 rings (SSSR count). The minimum absolute atomic E-state index is 0.0316. The first-order chi connectivity index (χ1) is 11.0. The first-order valence-corrected chi connectivity index (χ1v) is 7.15. The second kappa shape index (κ2) is 5.68. The van der Waals surface area contributed by atoms with Crippen LogP contribution in [-0.2, 0) is 23.1 Å². The molecule has 0 saturated carbocycles. The van der Waals surface area contributed by atoms with E-state index in [0.29, 0.717) is 11.5 Å². The van der Waals surface area contributed by atoms with E-state index in [1.807, 2.05) is 20.0 Å². The highest BCUT2D eigenvalue weighted by Gasteiger charge is 2.38. The Kier molecular flexibility index (Phi) is 3.69. The minimum Gasteiger partial charge on any atom is -0.330 e. The Hall–Kier alpha value is -2.96. The number of hydrogen-bond donors (Lipinski definition) is 0. The molecule has 1 aromatic heterocycles. The summed E-state index contributed by atoms with van der Waals surface area (Å²) >= 11 is 0. The Morgan fingerprint density at radius 3 is 2.30 bits per heavy atom. The van der Waals surface area contributed by atoms with Crippen molar-refractivity contribution in [3.05, 3.63) is 52.8 Å². The van der Waals surface area contributed by atoms with Crippen LogP contribution < -0.4 is 0 Å². The molecule has 2 amide bonds. The van der Waals surface area contributed by atoms with E-state index in [1.165, 1.54) is 12.1 Å². The van der Waals surface area contributed by atoms with Crippen molar-refractivity contribution in [1.82, 2.24) is 14.8 Å². The van der Waals surface area contributed by atoms with Gasteiger partial charge in [0.2, 0.25) is 0 Å². The third-order valence-electron chi connectivity index (χ3n) is 3.70. The predicted molar refractivity (Wildman–Crippen MR) is 79.3 cm³/mol. The first kappa shape index (κ1) is 15.0. The number of aryl methyl sites for hydroxylation is 3. The molecule has 1 aromatic carbocycles. The smallest absolute Gasteiger partial charge is 0.330 e. The van der Waals surface area contributed by atoms with Gasteiger partial charge < -0.3 is 4.84 Å². The normalized spacial score (nSPS) is 13.4. The molecule has 0 aliphatic carbocycles. The summed E-state index contributed by atoms with van der Waals surface area (Å²) in [5.41, 5.74) is 2.22. The van der Waals surface area contributed by atoms with Crippen molar-refractivity contribution in [2.75, 3.05) is 0 Å². The standard InChI is InChI=1S/C16H15N3O4/c1-10-9-11(17-18(10)2)7-8-14(20)23-19-15(21)12-5-3-4-6-13(12)16(19)22/h3-6,9H,7-8H2,1-2H3. The van der Waals surface area contributed by atoms with Gasteiger partial charge in [-0.3, -0.25) is 14.3 Å². The van der Waals surface area contributed by atoms with Crippen molar-refractivity contribution in [2.24, 2.45) is 7.05 Å². The number of hydroxylamine groups is 2. The molecular formula is C16H15N3O4. The van der Waals surface area contributed by atoms with Crippen LogP contribution >= 0.6 is 0 Å². The quantitative estimate of drug-likeness (QED) is 0.797. The Bertz CT molecular complexity index is 755. The van der Waals surface area contributed by atoms with Crippen LogP contribution in [0, 0.1) is 6.92 Å². The van der Waals surface area contributed by atoms with Gasteiger partial charge in [0.1, 0.15) is 0 Å². The summed E-state index contributed by atoms with van der Waals surface area (Å²) in [6, 6.07) is 8.23. The van der Waals surface area contributed by atoms with Crippen LogP contribution in [0.15, 0.2) is 30.3 Å². The molecule has 0 fully saturated rings. The van der Waals surface area contributed by atoms with Gasteiger partial charge in [-0.1, -0.05) is 17.2 Å². The molecule has 7 nitrogen and oxygen atoms in total. The monoisotopic (exact) mass is 313 g/mol. The SMILES string of the molecule is Cc1cc(CCC(=O)ON2C(=O)c3ccccc3C2=O)nn1C. The number of carbonyl (C=O) groups excluding carboxylic acids is 3. The summed E-state index contributed by atoms with van der Waals surface area (Å²) in [5.74, 6) is -1.89. The second-order valence-corrected chi connectivity index (χ2v) is 5.31. The molecule has 2 aromatic rings. The van der Waals surface area contributed by atoms with Gasteiger partial charge >= 0.3 is 5.97 Å². The Balaban J connectivity index is 1.63. The molecule has 0 spiro atoms. The third kappa shape index (κ3) is 2.73. The van der Waals surface area contributed by atoms with Crippen LogP contribution in [-0.4, -0.2) is 32.6 Å². The zero-order valence-electron chi connectivity index (χ0n) is 12.8. The Morgan fingerprint density at radius 1 is 1.17 bits per heavy atom. The number of aromatic nitrogens is 2. The maximum absolute atomic E-state index is 12.1. The summed E-state index contributed by atoms with van der Waals surface area (Å²) in [6.45, 7) is 1.91. The topological polar surface area (TPSA) is 81.5 Å². The van der Waals surface area contributed by atoms with E-state index in [4.69, 9.17) is 4.84 Å². The maximum Gasteiger partial charge on any atom is 0.333 e. The number of carbonyl (C=O) groups is 3. The number of amides is 2. The molecular weight excluding hydrogens is 298 g/mol. The lowest BCUT2D eigenvalue weighted by atomic mass is 10.1. The average Bonchev–Trinajstić information content (AvgIpc) is 2.98. The zero-order valence-corrected chi connectivity index (χ0v) is 12.8. The largest absolute Gasteiger partial charge is 0.333 e. The van der Waals surface area contributed by atoms with Crippen LogP contribution in [0.5, 0.6) is 0 Å². The Morgan fingerprint density at radius 2 is 1.78 bits per heavy atom. The van der Waals surface area contributed by atoms with Gasteiger partial charge in [0.05, 0.1) is 23.2 Å². The number of benzene rings is 1. The van der Waals surface area contributed by atoms with Gasteiger partial charge in [0, 0.05) is 19.2 Å². The summed E-state index contributed by atoms with van der Waals surface area (Å²) in [7, 11) is 1.82.